The molecule has 34 heavy (non-hydrogen) atoms. The summed E-state index contributed by atoms with van der Waals surface area (Å²) in [7, 11) is 1.60. The number of aryl methyl sites for hydroxylation is 2. The van der Waals surface area contributed by atoms with Crippen molar-refractivity contribution >= 4 is 33.1 Å². The third kappa shape index (κ3) is 5.77. The van der Waals surface area contributed by atoms with Crippen LogP contribution < -0.4 is 9.47 Å². The molecule has 1 aromatic heterocycles. The lowest BCUT2D eigenvalue weighted by molar-refractivity contribution is -0.139. The van der Waals surface area contributed by atoms with Crippen LogP contribution in [0.25, 0.3) is 10.1 Å². The molecule has 1 unspecified atom stereocenters. The van der Waals surface area contributed by atoms with Gasteiger partial charge in [-0.3, -0.25) is 4.79 Å². The number of thiophene rings is 1. The first-order valence-corrected chi connectivity index (χ1v) is 12.4. The Bertz CT molecular complexity index is 1170. The SMILES string of the molecule is COc1cc(CCC(C)=O)ccc1OCC1CN(C(=O)Cc2sc3ccccc3c2C)CCO1. The lowest BCUT2D eigenvalue weighted by Crippen LogP contribution is -2.48. The van der Waals surface area contributed by atoms with E-state index >= 15 is 0 Å². The maximum Gasteiger partial charge on any atom is 0.228 e. The number of morpholine rings is 1. The molecule has 180 valence electrons. The fraction of sp³-hybridized carbons (Fsp3) is 0.407. The zero-order valence-corrected chi connectivity index (χ0v) is 20.8. The van der Waals surface area contributed by atoms with Gasteiger partial charge in [-0.25, -0.2) is 0 Å². The maximum absolute atomic E-state index is 13.1. The van der Waals surface area contributed by atoms with Gasteiger partial charge in [-0.05, 0) is 55.0 Å². The number of hydrogen-bond acceptors (Lipinski definition) is 6. The van der Waals surface area contributed by atoms with E-state index in [1.54, 1.807) is 25.4 Å². The molecule has 7 heteroatoms. The summed E-state index contributed by atoms with van der Waals surface area (Å²) >= 11 is 1.70. The second-order valence-corrected chi connectivity index (χ2v) is 9.79. The van der Waals surface area contributed by atoms with E-state index in [0.717, 1.165) is 10.4 Å². The van der Waals surface area contributed by atoms with Crippen LogP contribution in [0.2, 0.25) is 0 Å². The molecular weight excluding hydrogens is 450 g/mol. The van der Waals surface area contributed by atoms with Gasteiger partial charge in [0.05, 0.1) is 26.7 Å². The summed E-state index contributed by atoms with van der Waals surface area (Å²) in [5.74, 6) is 1.54. The molecule has 2 aromatic carbocycles. The van der Waals surface area contributed by atoms with Crippen LogP contribution in [0.5, 0.6) is 11.5 Å². The fourth-order valence-corrected chi connectivity index (χ4v) is 5.38. The minimum absolute atomic E-state index is 0.121. The van der Waals surface area contributed by atoms with Crippen molar-refractivity contribution in [3.8, 4) is 11.5 Å². The lowest BCUT2D eigenvalue weighted by Gasteiger charge is -2.33. The van der Waals surface area contributed by atoms with Gasteiger partial charge in [0.1, 0.15) is 18.5 Å². The van der Waals surface area contributed by atoms with Crippen molar-refractivity contribution in [3.63, 3.8) is 0 Å². The van der Waals surface area contributed by atoms with E-state index in [0.29, 0.717) is 57.1 Å². The number of ketones is 1. The number of hydrogen-bond donors (Lipinski definition) is 0. The maximum atomic E-state index is 13.1. The third-order valence-electron chi connectivity index (χ3n) is 6.16. The summed E-state index contributed by atoms with van der Waals surface area (Å²) < 4.78 is 18.6. The molecule has 1 aliphatic rings. The van der Waals surface area contributed by atoms with Gasteiger partial charge in [-0.2, -0.15) is 0 Å². The van der Waals surface area contributed by atoms with E-state index in [2.05, 4.69) is 19.1 Å². The summed E-state index contributed by atoms with van der Waals surface area (Å²) in [6.45, 7) is 5.60. The summed E-state index contributed by atoms with van der Waals surface area (Å²) in [5, 5.41) is 1.23. The smallest absolute Gasteiger partial charge is 0.228 e. The van der Waals surface area contributed by atoms with Crippen LogP contribution in [0.4, 0.5) is 0 Å². The van der Waals surface area contributed by atoms with Crippen molar-refractivity contribution in [2.24, 2.45) is 0 Å². The number of nitrogens with zero attached hydrogens (tertiary/aromatic N) is 1. The molecule has 0 spiro atoms. The highest BCUT2D eigenvalue weighted by molar-refractivity contribution is 7.19. The first kappa shape index (κ1) is 24.2. The average molecular weight is 482 g/mol. The summed E-state index contributed by atoms with van der Waals surface area (Å²) in [5.41, 5.74) is 2.22. The van der Waals surface area contributed by atoms with E-state index in [9.17, 15) is 9.59 Å². The van der Waals surface area contributed by atoms with Crippen molar-refractivity contribution in [1.82, 2.24) is 4.90 Å². The minimum Gasteiger partial charge on any atom is -0.493 e. The molecule has 0 aliphatic carbocycles. The Morgan fingerprint density at radius 3 is 2.76 bits per heavy atom. The Hall–Kier alpha value is -2.90. The van der Waals surface area contributed by atoms with Crippen molar-refractivity contribution in [2.75, 3.05) is 33.4 Å². The van der Waals surface area contributed by atoms with Crippen molar-refractivity contribution in [2.45, 2.75) is 39.2 Å². The first-order valence-electron chi connectivity index (χ1n) is 11.6. The number of carbonyl (C=O) groups is 2. The number of benzene rings is 2. The van der Waals surface area contributed by atoms with Gasteiger partial charge >= 0.3 is 0 Å². The average Bonchev–Trinajstić information content (AvgIpc) is 3.16. The van der Waals surface area contributed by atoms with E-state index in [1.165, 1.54) is 15.6 Å². The highest BCUT2D eigenvalue weighted by Gasteiger charge is 2.26. The van der Waals surface area contributed by atoms with Gasteiger partial charge in [0, 0.05) is 22.5 Å². The summed E-state index contributed by atoms with van der Waals surface area (Å²) in [6.07, 6.45) is 1.38. The van der Waals surface area contributed by atoms with Crippen LogP contribution >= 0.6 is 11.3 Å². The monoisotopic (exact) mass is 481 g/mol. The largest absolute Gasteiger partial charge is 0.493 e. The van der Waals surface area contributed by atoms with Crippen LogP contribution in [0.1, 0.15) is 29.3 Å². The Balaban J connectivity index is 1.34. The van der Waals surface area contributed by atoms with E-state index < -0.39 is 0 Å². The number of ether oxygens (including phenoxy) is 3. The standard InChI is InChI=1S/C27H31NO5S/c1-18(29)8-9-20-10-11-23(24(14-20)31-3)33-17-21-16-28(12-13-32-21)27(30)15-26-19(2)22-6-4-5-7-25(22)34-26/h4-7,10-11,14,21H,8-9,12-13,15-17H2,1-3H3. The van der Waals surface area contributed by atoms with Crippen molar-refractivity contribution < 1.29 is 23.8 Å². The van der Waals surface area contributed by atoms with E-state index in [4.69, 9.17) is 14.2 Å². The predicted molar refractivity (Wildman–Crippen MR) is 134 cm³/mol. The number of rotatable bonds is 9. The molecular formula is C27H31NO5S. The lowest BCUT2D eigenvalue weighted by atomic mass is 10.1. The van der Waals surface area contributed by atoms with Crippen LogP contribution in [-0.2, 0) is 27.2 Å². The molecule has 1 fully saturated rings. The Morgan fingerprint density at radius 2 is 2.00 bits per heavy atom. The highest BCUT2D eigenvalue weighted by atomic mass is 32.1. The molecule has 6 nitrogen and oxygen atoms in total. The van der Waals surface area contributed by atoms with Crippen LogP contribution in [0.15, 0.2) is 42.5 Å². The van der Waals surface area contributed by atoms with E-state index in [1.807, 2.05) is 35.2 Å². The van der Waals surface area contributed by atoms with Gasteiger partial charge < -0.3 is 23.9 Å². The van der Waals surface area contributed by atoms with Gasteiger partial charge in [0.15, 0.2) is 11.5 Å². The van der Waals surface area contributed by atoms with Crippen LogP contribution in [0.3, 0.4) is 0 Å². The van der Waals surface area contributed by atoms with Crippen LogP contribution in [-0.4, -0.2) is 56.1 Å². The summed E-state index contributed by atoms with van der Waals surface area (Å²) in [6, 6.07) is 14.0. The zero-order valence-electron chi connectivity index (χ0n) is 20.0. The first-order chi connectivity index (χ1) is 16.4. The van der Waals surface area contributed by atoms with Gasteiger partial charge in [-0.1, -0.05) is 24.3 Å². The number of carbonyl (C=O) groups excluding carboxylic acids is 2. The highest BCUT2D eigenvalue weighted by Crippen LogP contribution is 2.32. The predicted octanol–water partition coefficient (Wildman–Crippen LogP) is 4.59. The molecule has 3 aromatic rings. The second-order valence-electron chi connectivity index (χ2n) is 8.65. The Morgan fingerprint density at radius 1 is 1.18 bits per heavy atom. The molecule has 1 atom stereocenters. The quantitative estimate of drug-likeness (QED) is 0.447. The normalized spacial score (nSPS) is 16.0. The van der Waals surface area contributed by atoms with Crippen molar-refractivity contribution in [3.05, 3.63) is 58.5 Å². The fourth-order valence-electron chi connectivity index (χ4n) is 4.18. The van der Waals surface area contributed by atoms with Gasteiger partial charge in [-0.15, -0.1) is 11.3 Å². The molecule has 1 saturated heterocycles. The zero-order chi connectivity index (χ0) is 24.1. The third-order valence-corrected chi connectivity index (χ3v) is 7.44. The van der Waals surface area contributed by atoms with Crippen molar-refractivity contribution in [1.29, 1.82) is 0 Å². The van der Waals surface area contributed by atoms with Crippen LogP contribution in [0, 0.1) is 6.92 Å². The minimum atomic E-state index is -0.205. The second kappa shape index (κ2) is 11.0. The molecule has 4 rings (SSSR count). The molecule has 1 aliphatic heterocycles. The molecule has 0 radical (unpaired) electrons. The Labute approximate surface area is 204 Å². The van der Waals surface area contributed by atoms with Gasteiger partial charge in [0.25, 0.3) is 0 Å². The molecule has 0 N–H and O–H groups in total. The number of Topliss-reactive ketones (excluding diaryl/α,β-unsaturated/α-hetero) is 1. The Kier molecular flexibility index (Phi) is 7.85. The molecule has 0 bridgehead atoms. The van der Waals surface area contributed by atoms with Gasteiger partial charge in [0.2, 0.25) is 5.91 Å². The number of fused-ring (bicyclic) bond motifs is 1. The van der Waals surface area contributed by atoms with E-state index in [-0.39, 0.29) is 17.8 Å². The number of amides is 1. The summed E-state index contributed by atoms with van der Waals surface area (Å²) in [4.78, 5) is 27.3. The molecule has 0 saturated carbocycles. The number of methoxy groups -OCH3 is 1. The molecule has 1 amide bonds. The topological polar surface area (TPSA) is 65.1 Å². The molecule has 2 heterocycles.